The summed E-state index contributed by atoms with van der Waals surface area (Å²) in [7, 11) is 0. The van der Waals surface area contributed by atoms with Gasteiger partial charge in [0.15, 0.2) is 5.96 Å². The molecular formula is C71H51N3. The lowest BCUT2D eigenvalue weighted by atomic mass is 9.82. The smallest absolute Gasteiger partial charge is 0.188 e. The van der Waals surface area contributed by atoms with E-state index >= 15 is 0 Å². The molecule has 12 aromatic carbocycles. The number of guanidine groups is 1. The second-order valence-corrected chi connectivity index (χ2v) is 19.5. The van der Waals surface area contributed by atoms with Gasteiger partial charge in [-0.05, 0) is 181 Å². The molecule has 0 radical (unpaired) electrons. The lowest BCUT2D eigenvalue weighted by Crippen LogP contribution is -2.35. The molecule has 0 unspecified atom stereocenters. The maximum Gasteiger partial charge on any atom is 0.188 e. The van der Waals surface area contributed by atoms with Crippen LogP contribution in [0.3, 0.4) is 0 Å². The summed E-state index contributed by atoms with van der Waals surface area (Å²) in [4.78, 5) is 2.05. The molecule has 350 valence electrons. The number of nitrogens with two attached hydrogens (primary N) is 1. The van der Waals surface area contributed by atoms with Crippen molar-refractivity contribution >= 4 is 27.5 Å². The van der Waals surface area contributed by atoms with Crippen LogP contribution < -0.4 is 5.73 Å². The Kier molecular flexibility index (Phi) is 11.3. The zero-order chi connectivity index (χ0) is 49.5. The fourth-order valence-corrected chi connectivity index (χ4v) is 11.3. The van der Waals surface area contributed by atoms with Gasteiger partial charge in [-0.3, -0.25) is 5.41 Å². The highest BCUT2D eigenvalue weighted by molar-refractivity contribution is 6.12. The van der Waals surface area contributed by atoms with Gasteiger partial charge in [-0.15, -0.1) is 0 Å². The first-order valence-corrected chi connectivity index (χ1v) is 25.4. The number of hydrogen-bond donors (Lipinski definition) is 2. The van der Waals surface area contributed by atoms with Crippen molar-refractivity contribution in [3.8, 4) is 100 Å². The van der Waals surface area contributed by atoms with Gasteiger partial charge >= 0.3 is 0 Å². The van der Waals surface area contributed by atoms with Crippen molar-refractivity contribution in [2.45, 2.75) is 13.1 Å². The predicted octanol–water partition coefficient (Wildman–Crippen LogP) is 18.2. The summed E-state index contributed by atoms with van der Waals surface area (Å²) >= 11 is 0. The summed E-state index contributed by atoms with van der Waals surface area (Å²) < 4.78 is 0. The van der Waals surface area contributed by atoms with E-state index in [1.54, 1.807) is 0 Å². The molecule has 13 rings (SSSR count). The first-order valence-electron chi connectivity index (χ1n) is 25.4. The molecule has 0 atom stereocenters. The molecule has 0 amide bonds. The van der Waals surface area contributed by atoms with Crippen molar-refractivity contribution in [1.29, 1.82) is 5.41 Å². The van der Waals surface area contributed by atoms with Gasteiger partial charge in [-0.1, -0.05) is 218 Å². The Hall–Kier alpha value is -9.57. The highest BCUT2D eigenvalue weighted by Gasteiger charge is 2.29. The summed E-state index contributed by atoms with van der Waals surface area (Å²) in [6.45, 7) is 0.962. The molecule has 0 bridgehead atoms. The highest BCUT2D eigenvalue weighted by Crippen LogP contribution is 2.49. The van der Waals surface area contributed by atoms with E-state index in [2.05, 4.69) is 267 Å². The molecule has 3 N–H and O–H groups in total. The summed E-state index contributed by atoms with van der Waals surface area (Å²) in [5, 5.41) is 13.8. The van der Waals surface area contributed by atoms with Gasteiger partial charge in [0.25, 0.3) is 0 Å². The van der Waals surface area contributed by atoms with E-state index in [1.165, 1.54) is 77.2 Å². The fraction of sp³-hybridized carbons (Fsp3) is 0.0282. The molecule has 0 saturated heterocycles. The van der Waals surface area contributed by atoms with Crippen LogP contribution in [0.4, 0.5) is 0 Å². The Balaban J connectivity index is 0.959. The van der Waals surface area contributed by atoms with Crippen molar-refractivity contribution in [3.05, 3.63) is 278 Å². The van der Waals surface area contributed by atoms with E-state index in [1.807, 2.05) is 4.90 Å². The van der Waals surface area contributed by atoms with E-state index in [4.69, 9.17) is 11.1 Å². The van der Waals surface area contributed by atoms with Gasteiger partial charge in [0.05, 0.1) is 0 Å². The van der Waals surface area contributed by atoms with Gasteiger partial charge in [0, 0.05) is 13.1 Å². The zero-order valence-electron chi connectivity index (χ0n) is 40.8. The second kappa shape index (κ2) is 18.9. The number of nitrogens with one attached hydrogen (secondary N) is 1. The Morgan fingerprint density at radius 3 is 0.838 bits per heavy atom. The maximum atomic E-state index is 9.11. The molecule has 0 spiro atoms. The van der Waals surface area contributed by atoms with Crippen molar-refractivity contribution in [2.24, 2.45) is 5.73 Å². The normalized spacial score (nSPS) is 12.0. The zero-order valence-corrected chi connectivity index (χ0v) is 40.8. The molecule has 0 aliphatic carbocycles. The summed E-state index contributed by atoms with van der Waals surface area (Å²) in [5.41, 5.74) is 30.0. The molecule has 1 heterocycles. The first-order chi connectivity index (χ1) is 36.5. The summed E-state index contributed by atoms with van der Waals surface area (Å²) in [6, 6.07) is 96.8. The SMILES string of the molecule is N=C(N)N1Cc2c(-c3ccc(-c4cc(-c5ccccc5)cc(-c5ccccc5)c4)cc3)cc3ccccc3c2-c2c(c(-c3ccc(-c4cc(-c5ccccc5)cc(-c5ccccc5)c4)cc3)cc3ccccc23)C1. The van der Waals surface area contributed by atoms with Gasteiger partial charge < -0.3 is 10.6 Å². The Bertz CT molecular complexity index is 3680. The molecule has 1 aliphatic heterocycles. The monoisotopic (exact) mass is 945 g/mol. The van der Waals surface area contributed by atoms with Gasteiger partial charge in [-0.25, -0.2) is 0 Å². The van der Waals surface area contributed by atoms with Crippen LogP contribution in [-0.2, 0) is 13.1 Å². The number of benzene rings is 12. The minimum atomic E-state index is 0.0488. The van der Waals surface area contributed by atoms with Crippen LogP contribution in [0.25, 0.3) is 122 Å². The molecule has 12 aromatic rings. The van der Waals surface area contributed by atoms with Crippen LogP contribution in [0.5, 0.6) is 0 Å². The lowest BCUT2D eigenvalue weighted by molar-refractivity contribution is 0.405. The molecule has 74 heavy (non-hydrogen) atoms. The summed E-state index contributed by atoms with van der Waals surface area (Å²) in [5.74, 6) is 0.0488. The van der Waals surface area contributed by atoms with E-state index in [-0.39, 0.29) is 5.96 Å². The van der Waals surface area contributed by atoms with Gasteiger partial charge in [0.2, 0.25) is 0 Å². The van der Waals surface area contributed by atoms with Gasteiger partial charge in [0.1, 0.15) is 0 Å². The van der Waals surface area contributed by atoms with Crippen molar-refractivity contribution < 1.29 is 0 Å². The average molecular weight is 946 g/mol. The molecule has 1 aliphatic rings. The van der Waals surface area contributed by atoms with Crippen LogP contribution in [0.2, 0.25) is 0 Å². The minimum absolute atomic E-state index is 0.0488. The van der Waals surface area contributed by atoms with E-state index < -0.39 is 0 Å². The van der Waals surface area contributed by atoms with Gasteiger partial charge in [-0.2, -0.15) is 0 Å². The largest absolute Gasteiger partial charge is 0.370 e. The number of hydrogen-bond acceptors (Lipinski definition) is 1. The molecule has 3 nitrogen and oxygen atoms in total. The van der Waals surface area contributed by atoms with E-state index in [0.29, 0.717) is 13.1 Å². The van der Waals surface area contributed by atoms with Crippen LogP contribution >= 0.6 is 0 Å². The number of nitrogens with zero attached hydrogens (tertiary/aromatic N) is 1. The third kappa shape index (κ3) is 8.30. The van der Waals surface area contributed by atoms with Crippen LogP contribution in [0.15, 0.2) is 267 Å². The van der Waals surface area contributed by atoms with Crippen molar-refractivity contribution in [3.63, 3.8) is 0 Å². The standard InChI is InChI=1S/C71H51N3/c72-71(73)74-45-67-65(53-33-29-51(30-34-53)61-39-57(47-17-5-1-6-18-47)37-58(40-61)48-19-7-2-8-20-48)43-55-25-13-15-27-63(55)69(67)70-64-28-16-14-26-56(64)44-66(68(70)46-74)54-35-31-52(32-36-54)62-41-59(49-21-9-3-10-22-49)38-60(42-62)50-23-11-4-12-24-50/h1-44H,45-46H2,(H3,72,73). The Labute approximate surface area is 432 Å². The highest BCUT2D eigenvalue weighted by atomic mass is 15.2. The molecule has 0 aromatic heterocycles. The molecule has 0 saturated carbocycles. The Morgan fingerprint density at radius 2 is 0.541 bits per heavy atom. The topological polar surface area (TPSA) is 53.1 Å². The predicted molar refractivity (Wildman–Crippen MR) is 312 cm³/mol. The first kappa shape index (κ1) is 44.4. The molecule has 3 heteroatoms. The maximum absolute atomic E-state index is 9.11. The van der Waals surface area contributed by atoms with Crippen molar-refractivity contribution in [2.75, 3.05) is 0 Å². The number of fused-ring (bicyclic) bond motifs is 7. The lowest BCUT2D eigenvalue weighted by Gasteiger charge is -2.24. The molecular weight excluding hydrogens is 895 g/mol. The quantitative estimate of drug-likeness (QED) is 0.118. The second-order valence-electron chi connectivity index (χ2n) is 19.5. The third-order valence-corrected chi connectivity index (χ3v) is 15.0. The van der Waals surface area contributed by atoms with Crippen molar-refractivity contribution in [1.82, 2.24) is 4.90 Å². The van der Waals surface area contributed by atoms with Crippen LogP contribution in [0.1, 0.15) is 11.1 Å². The molecule has 0 fully saturated rings. The summed E-state index contributed by atoms with van der Waals surface area (Å²) in [6.07, 6.45) is 0. The van der Waals surface area contributed by atoms with Crippen LogP contribution in [0, 0.1) is 5.41 Å². The Morgan fingerprint density at radius 1 is 0.284 bits per heavy atom. The number of rotatable bonds is 8. The average Bonchev–Trinajstić information content (AvgIpc) is 3.70. The van der Waals surface area contributed by atoms with E-state index in [9.17, 15) is 0 Å². The minimum Gasteiger partial charge on any atom is -0.370 e. The fourth-order valence-electron chi connectivity index (χ4n) is 11.3. The van der Waals surface area contributed by atoms with Crippen LogP contribution in [-0.4, -0.2) is 10.9 Å². The third-order valence-electron chi connectivity index (χ3n) is 15.0. The van der Waals surface area contributed by atoms with E-state index in [0.717, 1.165) is 55.6 Å².